The molecule has 2 heterocycles. The van der Waals surface area contributed by atoms with Crippen LogP contribution in [0.4, 0.5) is 0 Å². The maximum atomic E-state index is 4.41. The fraction of sp³-hybridized carbons (Fsp3) is 0.250. The summed E-state index contributed by atoms with van der Waals surface area (Å²) in [5.74, 6) is 0. The lowest BCUT2D eigenvalue weighted by molar-refractivity contribution is 0.601. The highest BCUT2D eigenvalue weighted by atomic mass is 15.2. The van der Waals surface area contributed by atoms with E-state index in [-0.39, 0.29) is 6.04 Å². The van der Waals surface area contributed by atoms with Gasteiger partial charge < -0.3 is 5.32 Å². The molecule has 3 aromatic rings. The number of hydrogen-bond acceptors (Lipinski definition) is 3. The van der Waals surface area contributed by atoms with Crippen LogP contribution >= 0.6 is 0 Å². The number of aromatic nitrogens is 3. The minimum absolute atomic E-state index is 0.151. The number of fused-ring (bicyclic) bond motifs is 1. The summed E-state index contributed by atoms with van der Waals surface area (Å²) >= 11 is 0. The number of hydrogen-bond donors (Lipinski definition) is 1. The van der Waals surface area contributed by atoms with Crippen molar-refractivity contribution >= 4 is 5.52 Å². The monoisotopic (exact) mass is 266 g/mol. The van der Waals surface area contributed by atoms with E-state index in [9.17, 15) is 0 Å². The van der Waals surface area contributed by atoms with Gasteiger partial charge in [0.15, 0.2) is 0 Å². The first-order valence-electron chi connectivity index (χ1n) is 6.95. The van der Waals surface area contributed by atoms with Gasteiger partial charge in [0.25, 0.3) is 0 Å². The molecule has 0 fully saturated rings. The number of benzene rings is 1. The molecule has 0 radical (unpaired) electrons. The average Bonchev–Trinajstić information content (AvgIpc) is 2.93. The molecule has 4 heteroatoms. The molecule has 1 aromatic carbocycles. The SMILES string of the molecule is CCCNC(c1ccccc1)c1cnn2ccncc12. The molecule has 20 heavy (non-hydrogen) atoms. The van der Waals surface area contributed by atoms with Crippen LogP contribution in [0.1, 0.15) is 30.5 Å². The molecule has 1 atom stereocenters. The van der Waals surface area contributed by atoms with Crippen LogP contribution in [0.2, 0.25) is 0 Å². The van der Waals surface area contributed by atoms with E-state index in [2.05, 4.69) is 46.6 Å². The molecule has 0 aliphatic rings. The number of rotatable bonds is 5. The van der Waals surface area contributed by atoms with E-state index in [4.69, 9.17) is 0 Å². The maximum Gasteiger partial charge on any atom is 0.0896 e. The van der Waals surface area contributed by atoms with Gasteiger partial charge in [-0.1, -0.05) is 37.3 Å². The molecule has 0 bridgehead atoms. The second kappa shape index (κ2) is 5.84. The van der Waals surface area contributed by atoms with E-state index in [1.54, 1.807) is 6.20 Å². The molecule has 0 saturated carbocycles. The molecule has 4 nitrogen and oxygen atoms in total. The third-order valence-corrected chi connectivity index (χ3v) is 3.40. The third kappa shape index (κ3) is 2.42. The van der Waals surface area contributed by atoms with Crippen LogP contribution in [0.15, 0.2) is 55.1 Å². The Hall–Kier alpha value is -2.20. The van der Waals surface area contributed by atoms with E-state index in [0.29, 0.717) is 0 Å². The van der Waals surface area contributed by atoms with Crippen molar-refractivity contribution < 1.29 is 0 Å². The summed E-state index contributed by atoms with van der Waals surface area (Å²) in [7, 11) is 0. The Morgan fingerprint density at radius 1 is 1.20 bits per heavy atom. The van der Waals surface area contributed by atoms with E-state index >= 15 is 0 Å². The van der Waals surface area contributed by atoms with Crippen LogP contribution in [0.25, 0.3) is 5.52 Å². The van der Waals surface area contributed by atoms with Gasteiger partial charge in [-0.25, -0.2) is 4.52 Å². The van der Waals surface area contributed by atoms with Crippen molar-refractivity contribution in [2.24, 2.45) is 0 Å². The fourth-order valence-electron chi connectivity index (χ4n) is 2.42. The summed E-state index contributed by atoms with van der Waals surface area (Å²) in [5.41, 5.74) is 3.46. The summed E-state index contributed by atoms with van der Waals surface area (Å²) in [4.78, 5) is 4.21. The van der Waals surface area contributed by atoms with Gasteiger partial charge in [0.05, 0.1) is 24.0 Å². The molecule has 1 unspecified atom stereocenters. The lowest BCUT2D eigenvalue weighted by atomic mass is 10.00. The molecular weight excluding hydrogens is 248 g/mol. The van der Waals surface area contributed by atoms with Crippen molar-refractivity contribution in [1.29, 1.82) is 0 Å². The zero-order chi connectivity index (χ0) is 13.8. The van der Waals surface area contributed by atoms with E-state index in [0.717, 1.165) is 24.0 Å². The van der Waals surface area contributed by atoms with E-state index < -0.39 is 0 Å². The van der Waals surface area contributed by atoms with Gasteiger partial charge in [-0.15, -0.1) is 0 Å². The van der Waals surface area contributed by atoms with Crippen molar-refractivity contribution in [2.45, 2.75) is 19.4 Å². The zero-order valence-electron chi connectivity index (χ0n) is 11.5. The normalized spacial score (nSPS) is 12.7. The highest BCUT2D eigenvalue weighted by molar-refractivity contribution is 5.55. The number of nitrogens with one attached hydrogen (secondary N) is 1. The topological polar surface area (TPSA) is 42.2 Å². The van der Waals surface area contributed by atoms with Gasteiger partial charge in [-0.05, 0) is 18.5 Å². The molecule has 1 N–H and O–H groups in total. The van der Waals surface area contributed by atoms with Crippen LogP contribution in [-0.2, 0) is 0 Å². The van der Waals surface area contributed by atoms with Crippen LogP contribution in [0.3, 0.4) is 0 Å². The van der Waals surface area contributed by atoms with Gasteiger partial charge in [-0.2, -0.15) is 5.10 Å². The predicted molar refractivity (Wildman–Crippen MR) is 79.6 cm³/mol. The van der Waals surface area contributed by atoms with E-state index in [1.807, 2.05) is 29.2 Å². The Labute approximate surface area is 118 Å². The minimum atomic E-state index is 0.151. The van der Waals surface area contributed by atoms with Gasteiger partial charge in [-0.3, -0.25) is 4.98 Å². The van der Waals surface area contributed by atoms with Gasteiger partial charge >= 0.3 is 0 Å². The maximum absolute atomic E-state index is 4.41. The first-order chi connectivity index (χ1) is 9.90. The molecular formula is C16H18N4. The quantitative estimate of drug-likeness (QED) is 0.772. The summed E-state index contributed by atoms with van der Waals surface area (Å²) in [6, 6.07) is 10.6. The summed E-state index contributed by atoms with van der Waals surface area (Å²) in [5, 5.41) is 8.01. The highest BCUT2D eigenvalue weighted by Crippen LogP contribution is 2.25. The van der Waals surface area contributed by atoms with Crippen LogP contribution in [0, 0.1) is 0 Å². The summed E-state index contributed by atoms with van der Waals surface area (Å²) in [6.07, 6.45) is 8.52. The van der Waals surface area contributed by atoms with Gasteiger partial charge in [0, 0.05) is 18.0 Å². The predicted octanol–water partition coefficient (Wildman–Crippen LogP) is 2.82. The van der Waals surface area contributed by atoms with Crippen LogP contribution < -0.4 is 5.32 Å². The van der Waals surface area contributed by atoms with Crippen molar-refractivity contribution in [3.05, 3.63) is 66.2 Å². The smallest absolute Gasteiger partial charge is 0.0896 e. The molecule has 0 amide bonds. The largest absolute Gasteiger partial charge is 0.306 e. The molecule has 3 rings (SSSR count). The first-order valence-corrected chi connectivity index (χ1v) is 6.95. The lowest BCUT2D eigenvalue weighted by Crippen LogP contribution is -2.23. The Morgan fingerprint density at radius 3 is 2.85 bits per heavy atom. The van der Waals surface area contributed by atoms with E-state index in [1.165, 1.54) is 5.56 Å². The second-order valence-electron chi connectivity index (χ2n) is 4.80. The Bertz CT molecular complexity index is 675. The fourth-order valence-corrected chi connectivity index (χ4v) is 2.42. The first kappa shape index (κ1) is 12.8. The summed E-state index contributed by atoms with van der Waals surface area (Å²) < 4.78 is 1.87. The van der Waals surface area contributed by atoms with Crippen molar-refractivity contribution in [2.75, 3.05) is 6.54 Å². The molecule has 0 saturated heterocycles. The molecule has 0 aliphatic carbocycles. The Balaban J connectivity index is 2.05. The van der Waals surface area contributed by atoms with Crippen molar-refractivity contribution in [1.82, 2.24) is 19.9 Å². The Kier molecular flexibility index (Phi) is 3.74. The van der Waals surface area contributed by atoms with Gasteiger partial charge in [0.2, 0.25) is 0 Å². The van der Waals surface area contributed by atoms with Crippen molar-refractivity contribution in [3.8, 4) is 0 Å². The van der Waals surface area contributed by atoms with Crippen LogP contribution in [-0.4, -0.2) is 21.1 Å². The number of nitrogens with zero attached hydrogens (tertiary/aromatic N) is 3. The average molecular weight is 266 g/mol. The third-order valence-electron chi connectivity index (χ3n) is 3.40. The highest BCUT2D eigenvalue weighted by Gasteiger charge is 2.17. The zero-order valence-corrected chi connectivity index (χ0v) is 11.5. The second-order valence-corrected chi connectivity index (χ2v) is 4.80. The van der Waals surface area contributed by atoms with Crippen molar-refractivity contribution in [3.63, 3.8) is 0 Å². The Morgan fingerprint density at radius 2 is 2.05 bits per heavy atom. The standard InChI is InChI=1S/C16H18N4/c1-2-8-18-16(13-6-4-3-5-7-13)14-11-19-20-10-9-17-12-15(14)20/h3-7,9-12,16,18H,2,8H2,1H3. The lowest BCUT2D eigenvalue weighted by Gasteiger charge is -2.18. The summed E-state index contributed by atoms with van der Waals surface area (Å²) in [6.45, 7) is 3.14. The molecule has 0 aliphatic heterocycles. The van der Waals surface area contributed by atoms with Gasteiger partial charge in [0.1, 0.15) is 0 Å². The molecule has 0 spiro atoms. The van der Waals surface area contributed by atoms with Crippen LogP contribution in [0.5, 0.6) is 0 Å². The minimum Gasteiger partial charge on any atom is -0.306 e. The molecule has 102 valence electrons. The molecule has 2 aromatic heterocycles.